The number of ether oxygens (including phenoxy) is 1. The second-order valence-electron chi connectivity index (χ2n) is 8.24. The van der Waals surface area contributed by atoms with E-state index in [1.807, 2.05) is 60.8 Å². The molecular weight excluding hydrogens is 472 g/mol. The Morgan fingerprint density at radius 1 is 0.946 bits per heavy atom. The molecule has 3 amide bonds. The number of carbonyl (C=O) groups excluding carboxylic acids is 3. The third-order valence-corrected chi connectivity index (χ3v) is 5.64. The molecule has 9 heteroatoms. The van der Waals surface area contributed by atoms with Gasteiger partial charge < -0.3 is 20.4 Å². The van der Waals surface area contributed by atoms with Crippen LogP contribution in [0.5, 0.6) is 0 Å². The normalized spacial score (nSPS) is 11.7. The monoisotopic (exact) mass is 498 g/mol. The van der Waals surface area contributed by atoms with Crippen molar-refractivity contribution < 1.29 is 24.3 Å². The van der Waals surface area contributed by atoms with Crippen LogP contribution in [-0.4, -0.2) is 34.1 Å². The van der Waals surface area contributed by atoms with Crippen molar-refractivity contribution in [2.45, 2.75) is 19.1 Å². The second kappa shape index (κ2) is 12.2. The predicted molar refractivity (Wildman–Crippen MR) is 140 cm³/mol. The third-order valence-electron chi connectivity index (χ3n) is 5.64. The molecule has 0 aliphatic heterocycles. The van der Waals surface area contributed by atoms with Gasteiger partial charge in [0.05, 0.1) is 0 Å². The van der Waals surface area contributed by atoms with Crippen LogP contribution in [-0.2, 0) is 27.4 Å². The van der Waals surface area contributed by atoms with E-state index >= 15 is 0 Å². The molecule has 0 saturated heterocycles. The van der Waals surface area contributed by atoms with Crippen LogP contribution in [0.25, 0.3) is 17.0 Å². The largest absolute Gasteiger partial charge is 0.445 e. The van der Waals surface area contributed by atoms with Crippen LogP contribution in [0.1, 0.15) is 16.7 Å². The number of aromatic nitrogens is 1. The van der Waals surface area contributed by atoms with E-state index in [-0.39, 0.29) is 13.0 Å². The van der Waals surface area contributed by atoms with Crippen LogP contribution in [0, 0.1) is 0 Å². The van der Waals surface area contributed by atoms with E-state index in [0.29, 0.717) is 11.3 Å². The molecule has 188 valence electrons. The zero-order valence-corrected chi connectivity index (χ0v) is 19.8. The SMILES string of the molecule is O=C(C=Cc1ccc(NC(=O)[C@H](Cc2c[nH]c3ccccc23)NC(=O)OCc2ccccc2)cc1)NO. The van der Waals surface area contributed by atoms with Crippen molar-refractivity contribution in [3.8, 4) is 0 Å². The fourth-order valence-electron chi connectivity index (χ4n) is 3.75. The third kappa shape index (κ3) is 7.06. The fraction of sp³-hybridized carbons (Fsp3) is 0.107. The molecule has 0 fully saturated rings. The van der Waals surface area contributed by atoms with E-state index in [1.54, 1.807) is 24.3 Å². The highest BCUT2D eigenvalue weighted by molar-refractivity contribution is 5.97. The zero-order valence-electron chi connectivity index (χ0n) is 19.8. The number of anilines is 1. The number of aromatic amines is 1. The summed E-state index contributed by atoms with van der Waals surface area (Å²) in [5.74, 6) is -1.06. The summed E-state index contributed by atoms with van der Waals surface area (Å²) in [5, 5.41) is 15.1. The summed E-state index contributed by atoms with van der Waals surface area (Å²) in [4.78, 5) is 40.2. The zero-order chi connectivity index (χ0) is 26.0. The molecule has 0 aliphatic carbocycles. The number of nitrogens with one attached hydrogen (secondary N) is 4. The van der Waals surface area contributed by atoms with Crippen molar-refractivity contribution in [1.82, 2.24) is 15.8 Å². The number of benzene rings is 3. The minimum atomic E-state index is -0.907. The van der Waals surface area contributed by atoms with Crippen molar-refractivity contribution in [2.75, 3.05) is 5.32 Å². The summed E-state index contributed by atoms with van der Waals surface area (Å²) >= 11 is 0. The van der Waals surface area contributed by atoms with Gasteiger partial charge in [-0.15, -0.1) is 0 Å². The molecule has 0 bridgehead atoms. The molecule has 1 atom stereocenters. The van der Waals surface area contributed by atoms with Crippen molar-refractivity contribution in [3.63, 3.8) is 0 Å². The molecule has 5 N–H and O–H groups in total. The summed E-state index contributed by atoms with van der Waals surface area (Å²) < 4.78 is 5.34. The smallest absolute Gasteiger partial charge is 0.408 e. The lowest BCUT2D eigenvalue weighted by atomic mass is 10.0. The van der Waals surface area contributed by atoms with Gasteiger partial charge in [0, 0.05) is 35.3 Å². The van der Waals surface area contributed by atoms with E-state index in [9.17, 15) is 14.4 Å². The maximum absolute atomic E-state index is 13.2. The van der Waals surface area contributed by atoms with Crippen molar-refractivity contribution >= 4 is 40.6 Å². The Kier molecular flexibility index (Phi) is 8.30. The highest BCUT2D eigenvalue weighted by Crippen LogP contribution is 2.20. The van der Waals surface area contributed by atoms with E-state index in [0.717, 1.165) is 22.0 Å². The van der Waals surface area contributed by atoms with Crippen LogP contribution < -0.4 is 16.1 Å². The van der Waals surface area contributed by atoms with Crippen LogP contribution in [0.3, 0.4) is 0 Å². The summed E-state index contributed by atoms with van der Waals surface area (Å²) in [5.41, 5.74) is 5.37. The Morgan fingerprint density at radius 3 is 2.43 bits per heavy atom. The summed E-state index contributed by atoms with van der Waals surface area (Å²) in [7, 11) is 0. The number of amides is 3. The van der Waals surface area contributed by atoms with Crippen molar-refractivity contribution in [2.24, 2.45) is 0 Å². The molecule has 4 aromatic rings. The Labute approximate surface area is 213 Å². The highest BCUT2D eigenvalue weighted by atomic mass is 16.5. The van der Waals surface area contributed by atoms with Gasteiger partial charge in [0.25, 0.3) is 5.91 Å². The number of para-hydroxylation sites is 1. The molecule has 0 aliphatic rings. The van der Waals surface area contributed by atoms with Gasteiger partial charge in [-0.2, -0.15) is 0 Å². The first kappa shape index (κ1) is 25.2. The van der Waals surface area contributed by atoms with Crippen molar-refractivity contribution in [1.29, 1.82) is 0 Å². The van der Waals surface area contributed by atoms with Gasteiger partial charge in [0.15, 0.2) is 0 Å². The average Bonchev–Trinajstić information content (AvgIpc) is 3.34. The van der Waals surface area contributed by atoms with Crippen molar-refractivity contribution in [3.05, 3.63) is 108 Å². The molecule has 0 spiro atoms. The quantitative estimate of drug-likeness (QED) is 0.134. The number of hydroxylamine groups is 1. The van der Waals surface area contributed by atoms with Gasteiger partial charge in [-0.05, 0) is 41.0 Å². The molecule has 1 aromatic heterocycles. The van der Waals surface area contributed by atoms with Crippen LogP contribution >= 0.6 is 0 Å². The fourth-order valence-corrected chi connectivity index (χ4v) is 3.75. The highest BCUT2D eigenvalue weighted by Gasteiger charge is 2.23. The van der Waals surface area contributed by atoms with E-state index < -0.39 is 23.9 Å². The van der Waals surface area contributed by atoms with E-state index in [4.69, 9.17) is 9.94 Å². The Balaban J connectivity index is 1.46. The lowest BCUT2D eigenvalue weighted by Gasteiger charge is -2.18. The Hall–Kier alpha value is -4.89. The number of hydrogen-bond acceptors (Lipinski definition) is 5. The molecule has 37 heavy (non-hydrogen) atoms. The first-order valence-corrected chi connectivity index (χ1v) is 11.6. The van der Waals surface area contributed by atoms with Crippen LogP contribution in [0.4, 0.5) is 10.5 Å². The number of fused-ring (bicyclic) bond motifs is 1. The van der Waals surface area contributed by atoms with Gasteiger partial charge >= 0.3 is 6.09 Å². The summed E-state index contributed by atoms with van der Waals surface area (Å²) in [6, 6.07) is 22.8. The van der Waals surface area contributed by atoms with E-state index in [1.165, 1.54) is 17.6 Å². The molecular formula is C28H26N4O5. The number of carbonyl (C=O) groups is 3. The molecule has 0 saturated carbocycles. The molecule has 0 radical (unpaired) electrons. The molecule has 1 heterocycles. The maximum atomic E-state index is 13.2. The predicted octanol–water partition coefficient (Wildman–Crippen LogP) is 4.16. The van der Waals surface area contributed by atoms with Gasteiger partial charge in [0.2, 0.25) is 5.91 Å². The number of rotatable bonds is 9. The minimum Gasteiger partial charge on any atom is -0.445 e. The first-order chi connectivity index (χ1) is 18.0. The lowest BCUT2D eigenvalue weighted by molar-refractivity contribution is -0.124. The van der Waals surface area contributed by atoms with Gasteiger partial charge in [-0.3, -0.25) is 14.8 Å². The van der Waals surface area contributed by atoms with E-state index in [2.05, 4.69) is 15.6 Å². The van der Waals surface area contributed by atoms with Gasteiger partial charge in [0.1, 0.15) is 12.6 Å². The van der Waals surface area contributed by atoms with Crippen LogP contribution in [0.15, 0.2) is 91.1 Å². The maximum Gasteiger partial charge on any atom is 0.408 e. The summed E-state index contributed by atoms with van der Waals surface area (Å²) in [6.45, 7) is 0.0807. The standard InChI is InChI=1S/C28H26N4O5/c33-26(32-36)15-12-19-10-13-22(14-11-19)30-27(34)25(16-21-17-29-24-9-5-4-8-23(21)24)31-28(35)37-18-20-6-2-1-3-7-20/h1-15,17,25,29,36H,16,18H2,(H,30,34)(H,31,35)(H,32,33)/t25-/m0/s1. The second-order valence-corrected chi connectivity index (χ2v) is 8.24. The number of hydrogen-bond donors (Lipinski definition) is 5. The number of H-pyrrole nitrogens is 1. The lowest BCUT2D eigenvalue weighted by Crippen LogP contribution is -2.45. The topological polar surface area (TPSA) is 133 Å². The molecule has 0 unspecified atom stereocenters. The molecule has 9 nitrogen and oxygen atoms in total. The number of alkyl carbamates (subject to hydrolysis) is 1. The minimum absolute atomic E-state index is 0.0807. The molecule has 4 rings (SSSR count). The van der Waals surface area contributed by atoms with Gasteiger partial charge in [-0.25, -0.2) is 10.3 Å². The molecule has 3 aromatic carbocycles. The first-order valence-electron chi connectivity index (χ1n) is 11.6. The average molecular weight is 499 g/mol. The Morgan fingerprint density at radius 2 is 1.68 bits per heavy atom. The Bertz CT molecular complexity index is 1400. The van der Waals surface area contributed by atoms with Gasteiger partial charge in [-0.1, -0.05) is 60.7 Å². The summed E-state index contributed by atoms with van der Waals surface area (Å²) in [6.07, 6.45) is 4.06. The van der Waals surface area contributed by atoms with Crippen LogP contribution in [0.2, 0.25) is 0 Å².